The minimum atomic E-state index is 0. The van der Waals surface area contributed by atoms with E-state index in [-0.39, 0.29) is 20.1 Å². The maximum absolute atomic E-state index is 6.01. The molecule has 2 aromatic carbocycles. The molecule has 0 N–H and O–H groups in total. The summed E-state index contributed by atoms with van der Waals surface area (Å²) in [5, 5.41) is 0. The van der Waals surface area contributed by atoms with Crippen molar-refractivity contribution in [3.63, 3.8) is 0 Å². The van der Waals surface area contributed by atoms with Crippen LogP contribution in [0.4, 0.5) is 0 Å². The zero-order valence-electron chi connectivity index (χ0n) is 17.5. The molecule has 0 saturated heterocycles. The molecule has 3 aromatic rings. The second kappa shape index (κ2) is 12.6. The van der Waals surface area contributed by atoms with Gasteiger partial charge in [0.05, 0.1) is 12.4 Å². The number of rotatable bonds is 11. The van der Waals surface area contributed by atoms with E-state index in [1.54, 1.807) is 0 Å². The normalized spacial score (nSPS) is 10.6. The first kappa shape index (κ1) is 23.4. The molecule has 3 rings (SSSR count). The molecule has 0 aliphatic heterocycles. The summed E-state index contributed by atoms with van der Waals surface area (Å²) in [6, 6.07) is 17.6. The summed E-state index contributed by atoms with van der Waals surface area (Å²) >= 11 is 0. The Hall–Kier alpha value is -1.90. The zero-order chi connectivity index (χ0) is 19.6. The maximum Gasteiger partial charge on any atom is 0.119 e. The van der Waals surface area contributed by atoms with Crippen molar-refractivity contribution in [2.75, 3.05) is 6.61 Å². The molecular formula is C25H31IrN2O-. The second-order valence-electron chi connectivity index (χ2n) is 7.16. The second-order valence-corrected chi connectivity index (χ2v) is 7.16. The Morgan fingerprint density at radius 3 is 2.59 bits per heavy atom. The molecule has 1 heterocycles. The maximum atomic E-state index is 6.01. The Bertz CT molecular complexity index is 845. The van der Waals surface area contributed by atoms with Crippen LogP contribution in [-0.2, 0) is 26.5 Å². The molecule has 157 valence electrons. The van der Waals surface area contributed by atoms with Crippen LogP contribution in [-0.4, -0.2) is 16.2 Å². The molecule has 4 heteroatoms. The fourth-order valence-electron chi connectivity index (χ4n) is 3.47. The van der Waals surface area contributed by atoms with E-state index in [1.165, 1.54) is 37.7 Å². The third-order valence-corrected chi connectivity index (χ3v) is 5.05. The molecule has 3 nitrogen and oxygen atoms in total. The third kappa shape index (κ3) is 6.55. The van der Waals surface area contributed by atoms with Crippen LogP contribution < -0.4 is 4.74 Å². The molecule has 0 fully saturated rings. The van der Waals surface area contributed by atoms with Crippen LogP contribution in [0.1, 0.15) is 57.9 Å². The van der Waals surface area contributed by atoms with E-state index in [9.17, 15) is 0 Å². The summed E-state index contributed by atoms with van der Waals surface area (Å²) < 4.78 is 8.15. The van der Waals surface area contributed by atoms with E-state index < -0.39 is 0 Å². The zero-order valence-corrected chi connectivity index (χ0v) is 19.9. The number of benzene rings is 2. The molecule has 0 spiro atoms. The van der Waals surface area contributed by atoms with Gasteiger partial charge in [-0.1, -0.05) is 46.0 Å². The van der Waals surface area contributed by atoms with Crippen LogP contribution >= 0.6 is 0 Å². The summed E-state index contributed by atoms with van der Waals surface area (Å²) in [5.41, 5.74) is 3.41. The Morgan fingerprint density at radius 1 is 1.00 bits per heavy atom. The quantitative estimate of drug-likeness (QED) is 0.192. The Morgan fingerprint density at radius 2 is 1.83 bits per heavy atom. The van der Waals surface area contributed by atoms with Crippen molar-refractivity contribution in [3.8, 4) is 22.8 Å². The minimum Gasteiger partial charge on any atom is -0.494 e. The van der Waals surface area contributed by atoms with Crippen molar-refractivity contribution in [1.82, 2.24) is 9.55 Å². The smallest absolute Gasteiger partial charge is 0.119 e. The molecule has 0 aliphatic rings. The van der Waals surface area contributed by atoms with Crippen LogP contribution in [0.25, 0.3) is 17.1 Å². The Labute approximate surface area is 188 Å². The van der Waals surface area contributed by atoms with Crippen molar-refractivity contribution in [3.05, 3.63) is 66.5 Å². The minimum absolute atomic E-state index is 0. The van der Waals surface area contributed by atoms with Gasteiger partial charge in [0.2, 0.25) is 0 Å². The first-order valence-corrected chi connectivity index (χ1v) is 10.6. The SMILES string of the molecule is CCCCCCCCOc1ccc(-n2ccnc2-c2[c-]cccc2)c(CC)c1.[Ir]. The van der Waals surface area contributed by atoms with E-state index in [1.807, 2.05) is 36.7 Å². The van der Waals surface area contributed by atoms with Crippen LogP contribution in [0.5, 0.6) is 5.75 Å². The van der Waals surface area contributed by atoms with Gasteiger partial charge in [0.15, 0.2) is 0 Å². The molecule has 0 saturated carbocycles. The van der Waals surface area contributed by atoms with Gasteiger partial charge in [-0.2, -0.15) is 0 Å². The standard InChI is InChI=1S/C25H31N2O.Ir/c1-3-5-6-7-8-12-19-28-23-15-16-24(21(4-2)20-23)27-18-17-26-25(27)22-13-10-9-11-14-22;/h9-11,13,15-18,20H,3-8,12,19H2,1-2H3;/q-1;. The van der Waals surface area contributed by atoms with Gasteiger partial charge in [-0.05, 0) is 36.6 Å². The van der Waals surface area contributed by atoms with E-state index in [4.69, 9.17) is 4.74 Å². The van der Waals surface area contributed by atoms with Gasteiger partial charge < -0.3 is 9.30 Å². The van der Waals surface area contributed by atoms with Gasteiger partial charge in [-0.25, -0.2) is 0 Å². The number of nitrogens with zero attached hydrogens (tertiary/aromatic N) is 2. The van der Waals surface area contributed by atoms with Gasteiger partial charge in [0.25, 0.3) is 0 Å². The van der Waals surface area contributed by atoms with Gasteiger partial charge in [-0.3, -0.25) is 4.98 Å². The van der Waals surface area contributed by atoms with Gasteiger partial charge in [0.1, 0.15) is 5.75 Å². The monoisotopic (exact) mass is 568 g/mol. The molecule has 0 atom stereocenters. The molecule has 0 amide bonds. The summed E-state index contributed by atoms with van der Waals surface area (Å²) in [6.45, 7) is 5.23. The average Bonchev–Trinajstić information content (AvgIpc) is 3.23. The van der Waals surface area contributed by atoms with E-state index in [2.05, 4.69) is 47.7 Å². The fraction of sp³-hybridized carbons (Fsp3) is 0.400. The third-order valence-electron chi connectivity index (χ3n) is 5.05. The number of imidazole rings is 1. The van der Waals surface area contributed by atoms with E-state index in [0.29, 0.717) is 0 Å². The van der Waals surface area contributed by atoms with Crippen molar-refractivity contribution in [2.24, 2.45) is 0 Å². The number of ether oxygens (including phenoxy) is 1. The molecular weight excluding hydrogens is 537 g/mol. The van der Waals surface area contributed by atoms with Gasteiger partial charge in [-0.15, -0.1) is 35.9 Å². The first-order valence-electron chi connectivity index (χ1n) is 10.6. The van der Waals surface area contributed by atoms with Crippen molar-refractivity contribution in [2.45, 2.75) is 58.8 Å². The van der Waals surface area contributed by atoms with Crippen LogP contribution in [0.15, 0.2) is 54.9 Å². The number of hydrogen-bond acceptors (Lipinski definition) is 2. The van der Waals surface area contributed by atoms with Crippen LogP contribution in [0.3, 0.4) is 0 Å². The van der Waals surface area contributed by atoms with Gasteiger partial charge in [0, 0.05) is 38.2 Å². The molecule has 0 aliphatic carbocycles. The Balaban J connectivity index is 0.00000300. The van der Waals surface area contributed by atoms with Crippen LogP contribution in [0, 0.1) is 6.07 Å². The summed E-state index contributed by atoms with van der Waals surface area (Å²) in [6.07, 6.45) is 12.5. The van der Waals surface area contributed by atoms with Crippen molar-refractivity contribution < 1.29 is 24.8 Å². The van der Waals surface area contributed by atoms with Crippen molar-refractivity contribution in [1.29, 1.82) is 0 Å². The number of unbranched alkanes of at least 4 members (excludes halogenated alkanes) is 5. The number of aromatic nitrogens is 2. The van der Waals surface area contributed by atoms with Crippen LogP contribution in [0.2, 0.25) is 0 Å². The Kier molecular flexibility index (Phi) is 10.2. The molecule has 0 bridgehead atoms. The average molecular weight is 568 g/mol. The summed E-state index contributed by atoms with van der Waals surface area (Å²) in [7, 11) is 0. The van der Waals surface area contributed by atoms with Crippen molar-refractivity contribution >= 4 is 0 Å². The largest absolute Gasteiger partial charge is 0.494 e. The molecule has 29 heavy (non-hydrogen) atoms. The number of aryl methyl sites for hydroxylation is 1. The molecule has 1 aromatic heterocycles. The molecule has 0 unspecified atom stereocenters. The molecule has 1 radical (unpaired) electrons. The summed E-state index contributed by atoms with van der Waals surface area (Å²) in [4.78, 5) is 4.55. The predicted octanol–water partition coefficient (Wildman–Crippen LogP) is 6.64. The van der Waals surface area contributed by atoms with Gasteiger partial charge >= 0.3 is 0 Å². The van der Waals surface area contributed by atoms with E-state index >= 15 is 0 Å². The predicted molar refractivity (Wildman–Crippen MR) is 116 cm³/mol. The first-order chi connectivity index (χ1) is 13.8. The topological polar surface area (TPSA) is 27.1 Å². The van der Waals surface area contributed by atoms with E-state index in [0.717, 1.165) is 42.3 Å². The number of hydrogen-bond donors (Lipinski definition) is 0. The fourth-order valence-corrected chi connectivity index (χ4v) is 3.47. The summed E-state index contributed by atoms with van der Waals surface area (Å²) in [5.74, 6) is 1.87.